The molecular weight excluding hydrogens is 204 g/mol. The highest BCUT2D eigenvalue weighted by Gasteiger charge is 2.33. The summed E-state index contributed by atoms with van der Waals surface area (Å²) in [4.78, 5) is 0. The maximum absolute atomic E-state index is 13.2. The molecule has 0 amide bonds. The molecule has 1 fully saturated rings. The summed E-state index contributed by atoms with van der Waals surface area (Å²) in [7, 11) is 0. The van der Waals surface area contributed by atoms with Gasteiger partial charge in [-0.1, -0.05) is 0 Å². The van der Waals surface area contributed by atoms with Crippen LogP contribution in [0.1, 0.15) is 25.1 Å². The first-order valence-corrected chi connectivity index (χ1v) is 4.79. The van der Waals surface area contributed by atoms with Gasteiger partial charge in [0.25, 0.3) is 5.92 Å². The molecule has 1 aromatic rings. The lowest BCUT2D eigenvalue weighted by atomic mass is 10.2. The van der Waals surface area contributed by atoms with Crippen molar-refractivity contribution in [2.24, 2.45) is 0 Å². The van der Waals surface area contributed by atoms with Crippen molar-refractivity contribution >= 4 is 5.82 Å². The summed E-state index contributed by atoms with van der Waals surface area (Å²) in [5, 5.41) is 3.89. The van der Waals surface area contributed by atoms with Crippen molar-refractivity contribution in [1.29, 1.82) is 0 Å². The van der Waals surface area contributed by atoms with E-state index in [0.717, 1.165) is 6.92 Å². The van der Waals surface area contributed by atoms with E-state index >= 15 is 0 Å². The number of hydrogen-bond acceptors (Lipinski definition) is 3. The van der Waals surface area contributed by atoms with Gasteiger partial charge in [0.05, 0.1) is 12.6 Å². The normalized spacial score (nSPS) is 22.2. The molecule has 1 aliphatic heterocycles. The molecule has 0 unspecified atom stereocenters. The van der Waals surface area contributed by atoms with Crippen molar-refractivity contribution in [2.45, 2.75) is 25.3 Å². The smallest absolute Gasteiger partial charge is 0.286 e. The van der Waals surface area contributed by atoms with Crippen LogP contribution < -0.4 is 5.73 Å². The Labute approximate surface area is 86.0 Å². The fraction of sp³-hybridized carbons (Fsp3) is 0.667. The van der Waals surface area contributed by atoms with Crippen molar-refractivity contribution in [3.05, 3.63) is 11.8 Å². The van der Waals surface area contributed by atoms with Crippen LogP contribution in [-0.2, 0) is 10.7 Å². The van der Waals surface area contributed by atoms with Gasteiger partial charge in [0.1, 0.15) is 11.5 Å². The zero-order chi connectivity index (χ0) is 11.1. The SMILES string of the molecule is CC(F)(F)c1cc(N)nn1[C@H]1CCOC1. The predicted molar refractivity (Wildman–Crippen MR) is 50.7 cm³/mol. The summed E-state index contributed by atoms with van der Waals surface area (Å²) in [5.74, 6) is -2.80. The van der Waals surface area contributed by atoms with Crippen LogP contribution >= 0.6 is 0 Å². The van der Waals surface area contributed by atoms with Crippen LogP contribution in [0.15, 0.2) is 6.07 Å². The van der Waals surface area contributed by atoms with E-state index < -0.39 is 5.92 Å². The first-order chi connectivity index (χ1) is 6.98. The Kier molecular flexibility index (Phi) is 2.38. The quantitative estimate of drug-likeness (QED) is 0.817. The standard InChI is InChI=1S/C9H13F2N3O/c1-9(10,11)7-4-8(12)13-14(7)6-2-3-15-5-6/h4,6H,2-3,5H2,1H3,(H2,12,13)/t6-/m0/s1. The van der Waals surface area contributed by atoms with Gasteiger partial charge in [-0.2, -0.15) is 13.9 Å². The number of nitrogens with two attached hydrogens (primary N) is 1. The first kappa shape index (κ1) is 10.4. The van der Waals surface area contributed by atoms with E-state index in [-0.39, 0.29) is 17.6 Å². The molecule has 0 bridgehead atoms. The molecule has 6 heteroatoms. The Bertz CT molecular complexity index is 353. The van der Waals surface area contributed by atoms with Gasteiger partial charge in [0.15, 0.2) is 0 Å². The third-order valence-corrected chi connectivity index (χ3v) is 2.46. The van der Waals surface area contributed by atoms with Crippen LogP contribution in [0.3, 0.4) is 0 Å². The van der Waals surface area contributed by atoms with Gasteiger partial charge in [-0.25, -0.2) is 0 Å². The molecule has 1 saturated heterocycles. The van der Waals surface area contributed by atoms with Crippen LogP contribution in [0.5, 0.6) is 0 Å². The van der Waals surface area contributed by atoms with E-state index in [1.54, 1.807) is 0 Å². The number of ether oxygens (including phenoxy) is 1. The van der Waals surface area contributed by atoms with Gasteiger partial charge < -0.3 is 10.5 Å². The van der Waals surface area contributed by atoms with Gasteiger partial charge in [-0.05, 0) is 6.42 Å². The predicted octanol–water partition coefficient (Wildman–Crippen LogP) is 1.54. The van der Waals surface area contributed by atoms with Gasteiger partial charge in [-0.3, -0.25) is 4.68 Å². The number of hydrogen-bond donors (Lipinski definition) is 1. The molecule has 0 aromatic carbocycles. The van der Waals surface area contributed by atoms with Crippen LogP contribution in [0.2, 0.25) is 0 Å². The van der Waals surface area contributed by atoms with Crippen LogP contribution in [0.4, 0.5) is 14.6 Å². The van der Waals surface area contributed by atoms with Crippen LogP contribution in [0, 0.1) is 0 Å². The van der Waals surface area contributed by atoms with Gasteiger partial charge in [0.2, 0.25) is 0 Å². The van der Waals surface area contributed by atoms with Crippen LogP contribution in [0.25, 0.3) is 0 Å². The highest BCUT2D eigenvalue weighted by Crippen LogP contribution is 2.32. The fourth-order valence-electron chi connectivity index (χ4n) is 1.73. The zero-order valence-corrected chi connectivity index (χ0v) is 8.41. The first-order valence-electron chi connectivity index (χ1n) is 4.79. The molecule has 0 aliphatic carbocycles. The summed E-state index contributed by atoms with van der Waals surface area (Å²) in [5.41, 5.74) is 5.29. The number of rotatable bonds is 2. The molecule has 4 nitrogen and oxygen atoms in total. The Hall–Kier alpha value is -1.17. The van der Waals surface area contributed by atoms with Gasteiger partial charge in [0, 0.05) is 19.6 Å². The highest BCUT2D eigenvalue weighted by atomic mass is 19.3. The zero-order valence-electron chi connectivity index (χ0n) is 8.41. The average Bonchev–Trinajstić information content (AvgIpc) is 2.68. The maximum atomic E-state index is 13.2. The third-order valence-electron chi connectivity index (χ3n) is 2.46. The Morgan fingerprint density at radius 3 is 2.93 bits per heavy atom. The van der Waals surface area contributed by atoms with E-state index in [9.17, 15) is 8.78 Å². The Morgan fingerprint density at radius 1 is 1.67 bits per heavy atom. The van der Waals surface area contributed by atoms with Crippen molar-refractivity contribution in [2.75, 3.05) is 18.9 Å². The van der Waals surface area contributed by atoms with E-state index in [4.69, 9.17) is 10.5 Å². The molecule has 0 radical (unpaired) electrons. The topological polar surface area (TPSA) is 53.1 Å². The van der Waals surface area contributed by atoms with Gasteiger partial charge >= 0.3 is 0 Å². The van der Waals surface area contributed by atoms with Crippen molar-refractivity contribution in [1.82, 2.24) is 9.78 Å². The third kappa shape index (κ3) is 1.94. The maximum Gasteiger partial charge on any atom is 0.286 e. The lowest BCUT2D eigenvalue weighted by Gasteiger charge is -2.16. The molecule has 2 N–H and O–H groups in total. The molecule has 0 spiro atoms. The van der Waals surface area contributed by atoms with Crippen molar-refractivity contribution < 1.29 is 13.5 Å². The summed E-state index contributed by atoms with van der Waals surface area (Å²) < 4.78 is 32.9. The second-order valence-corrected chi connectivity index (χ2v) is 3.80. The summed E-state index contributed by atoms with van der Waals surface area (Å²) >= 11 is 0. The van der Waals surface area contributed by atoms with E-state index in [0.29, 0.717) is 19.6 Å². The molecule has 1 atom stereocenters. The number of aromatic nitrogens is 2. The monoisotopic (exact) mass is 217 g/mol. The van der Waals surface area contributed by atoms with Gasteiger partial charge in [-0.15, -0.1) is 0 Å². The molecule has 0 saturated carbocycles. The summed E-state index contributed by atoms with van der Waals surface area (Å²) in [6, 6.07) is 1.10. The minimum atomic E-state index is -2.92. The largest absolute Gasteiger partial charge is 0.382 e. The summed E-state index contributed by atoms with van der Waals surface area (Å²) in [6.07, 6.45) is 0.699. The van der Waals surface area contributed by atoms with E-state index in [1.165, 1.54) is 10.7 Å². The second kappa shape index (κ2) is 3.44. The number of anilines is 1. The Balaban J connectivity index is 2.37. The van der Waals surface area contributed by atoms with Crippen LogP contribution in [-0.4, -0.2) is 23.0 Å². The number of halogens is 2. The molecule has 15 heavy (non-hydrogen) atoms. The molecule has 2 rings (SSSR count). The van der Waals surface area contributed by atoms with E-state index in [2.05, 4.69) is 5.10 Å². The summed E-state index contributed by atoms with van der Waals surface area (Å²) in [6.45, 7) is 1.85. The molecule has 1 aliphatic rings. The van der Waals surface area contributed by atoms with E-state index in [1.807, 2.05) is 0 Å². The number of alkyl halides is 2. The highest BCUT2D eigenvalue weighted by molar-refractivity contribution is 5.31. The second-order valence-electron chi connectivity index (χ2n) is 3.80. The van der Waals surface area contributed by atoms with Crippen molar-refractivity contribution in [3.63, 3.8) is 0 Å². The number of nitrogens with zero attached hydrogens (tertiary/aromatic N) is 2. The fourth-order valence-corrected chi connectivity index (χ4v) is 1.73. The molecule has 84 valence electrons. The minimum Gasteiger partial charge on any atom is -0.382 e. The minimum absolute atomic E-state index is 0.122. The average molecular weight is 217 g/mol. The lowest BCUT2D eigenvalue weighted by Crippen LogP contribution is -2.20. The van der Waals surface area contributed by atoms with Crippen molar-refractivity contribution in [3.8, 4) is 0 Å². The number of nitrogen functional groups attached to an aromatic ring is 1. The molecular formula is C9H13F2N3O. The molecule has 1 aromatic heterocycles. The molecule has 2 heterocycles. The lowest BCUT2D eigenvalue weighted by molar-refractivity contribution is 0.00581. The Morgan fingerprint density at radius 2 is 2.40 bits per heavy atom.